The molecule has 2 rings (SSSR count). The van der Waals surface area contributed by atoms with E-state index in [4.69, 9.17) is 0 Å². The third-order valence-electron chi connectivity index (χ3n) is 3.92. The molecule has 1 aliphatic heterocycles. The van der Waals surface area contributed by atoms with Crippen molar-refractivity contribution in [1.29, 1.82) is 0 Å². The van der Waals surface area contributed by atoms with Crippen LogP contribution in [0.25, 0.3) is 0 Å². The van der Waals surface area contributed by atoms with Crippen molar-refractivity contribution in [2.24, 2.45) is 5.92 Å². The van der Waals surface area contributed by atoms with E-state index in [0.29, 0.717) is 0 Å². The molecule has 19 heavy (non-hydrogen) atoms. The van der Waals surface area contributed by atoms with E-state index in [1.807, 2.05) is 29.2 Å². The Morgan fingerprint density at radius 3 is 2.95 bits per heavy atom. The van der Waals surface area contributed by atoms with Crippen molar-refractivity contribution in [2.75, 3.05) is 13.1 Å². The molecule has 1 aliphatic rings. The summed E-state index contributed by atoms with van der Waals surface area (Å²) in [5.41, 5.74) is 0.765. The summed E-state index contributed by atoms with van der Waals surface area (Å²) in [5, 5.41) is 0. The Bertz CT molecular complexity index is 433. The largest absolute Gasteiger partial charge is 0.339 e. The molecule has 1 aromatic rings. The fraction of sp³-hybridized carbons (Fsp3) is 0.562. The Hall–Kier alpha value is -0.960. The van der Waals surface area contributed by atoms with Gasteiger partial charge in [-0.1, -0.05) is 25.8 Å². The molecule has 1 fully saturated rings. The summed E-state index contributed by atoms with van der Waals surface area (Å²) in [6.07, 6.45) is 6.11. The van der Waals surface area contributed by atoms with Crippen molar-refractivity contribution in [3.63, 3.8) is 0 Å². The summed E-state index contributed by atoms with van der Waals surface area (Å²) >= 11 is 4.31. The highest BCUT2D eigenvalue weighted by molar-refractivity contribution is 7.80. The van der Waals surface area contributed by atoms with Crippen LogP contribution in [0.15, 0.2) is 29.2 Å². The highest BCUT2D eigenvalue weighted by atomic mass is 32.1. The minimum atomic E-state index is 0.160. The third kappa shape index (κ3) is 4.00. The van der Waals surface area contributed by atoms with Gasteiger partial charge in [-0.3, -0.25) is 4.79 Å². The average molecular weight is 277 g/mol. The first kappa shape index (κ1) is 14.4. The highest BCUT2D eigenvalue weighted by Crippen LogP contribution is 2.23. The van der Waals surface area contributed by atoms with Crippen LogP contribution in [0.3, 0.4) is 0 Å². The Labute approximate surface area is 121 Å². The number of carbonyl (C=O) groups is 1. The second-order valence-electron chi connectivity index (χ2n) is 5.43. The van der Waals surface area contributed by atoms with Crippen LogP contribution in [0.1, 0.15) is 49.4 Å². The maximum atomic E-state index is 12.5. The summed E-state index contributed by atoms with van der Waals surface area (Å²) in [7, 11) is 0. The lowest BCUT2D eigenvalue weighted by atomic mass is 9.96. The normalized spacial score (nSPS) is 20.1. The van der Waals surface area contributed by atoms with Gasteiger partial charge in [-0.15, -0.1) is 12.6 Å². The lowest BCUT2D eigenvalue weighted by Gasteiger charge is -2.21. The van der Waals surface area contributed by atoms with E-state index >= 15 is 0 Å². The first-order chi connectivity index (χ1) is 9.20. The van der Waals surface area contributed by atoms with E-state index in [0.717, 1.165) is 42.3 Å². The number of nitrogens with zero attached hydrogens (tertiary/aromatic N) is 1. The summed E-state index contributed by atoms with van der Waals surface area (Å²) in [6, 6.07) is 7.54. The van der Waals surface area contributed by atoms with Crippen molar-refractivity contribution in [1.82, 2.24) is 4.90 Å². The molecule has 1 heterocycles. The van der Waals surface area contributed by atoms with Crippen molar-refractivity contribution >= 4 is 18.5 Å². The molecule has 1 aromatic carbocycles. The molecule has 3 heteroatoms. The summed E-state index contributed by atoms with van der Waals surface area (Å²) in [6.45, 7) is 4.04. The second-order valence-corrected chi connectivity index (χ2v) is 5.94. The number of likely N-dealkylation sites (tertiary alicyclic amines) is 1. The molecule has 0 spiro atoms. The standard InChI is InChI=1S/C16H23NOS/c1-2-5-13-6-4-10-17(11-9-13)16(18)14-7-3-8-15(19)12-14/h3,7-8,12-13,19H,2,4-6,9-11H2,1H3. The van der Waals surface area contributed by atoms with E-state index in [-0.39, 0.29) is 5.91 Å². The fourth-order valence-corrected chi connectivity index (χ4v) is 3.11. The molecule has 104 valence electrons. The first-order valence-corrected chi connectivity index (χ1v) is 7.73. The lowest BCUT2D eigenvalue weighted by Crippen LogP contribution is -2.32. The molecule has 0 aromatic heterocycles. The number of hydrogen-bond donors (Lipinski definition) is 1. The van der Waals surface area contributed by atoms with E-state index in [1.165, 1.54) is 19.3 Å². The molecule has 1 atom stereocenters. The summed E-state index contributed by atoms with van der Waals surface area (Å²) < 4.78 is 0. The van der Waals surface area contributed by atoms with Crippen molar-refractivity contribution in [3.8, 4) is 0 Å². The van der Waals surface area contributed by atoms with Crippen molar-refractivity contribution in [3.05, 3.63) is 29.8 Å². The number of thiol groups is 1. The maximum absolute atomic E-state index is 12.5. The fourth-order valence-electron chi connectivity index (χ4n) is 2.89. The molecule has 0 aliphatic carbocycles. The molecule has 0 bridgehead atoms. The summed E-state index contributed by atoms with van der Waals surface area (Å²) in [4.78, 5) is 15.3. The molecular formula is C16H23NOS. The number of hydrogen-bond acceptors (Lipinski definition) is 2. The van der Waals surface area contributed by atoms with E-state index in [2.05, 4.69) is 19.6 Å². The minimum absolute atomic E-state index is 0.160. The van der Waals surface area contributed by atoms with Crippen molar-refractivity contribution in [2.45, 2.75) is 43.9 Å². The van der Waals surface area contributed by atoms with Gasteiger partial charge in [0.25, 0.3) is 5.91 Å². The SMILES string of the molecule is CCCC1CCCN(C(=O)c2cccc(S)c2)CC1. The van der Waals surface area contributed by atoms with Gasteiger partial charge >= 0.3 is 0 Å². The van der Waals surface area contributed by atoms with Crippen LogP contribution in [0.4, 0.5) is 0 Å². The maximum Gasteiger partial charge on any atom is 0.253 e. The van der Waals surface area contributed by atoms with Crippen LogP contribution in [-0.4, -0.2) is 23.9 Å². The number of benzene rings is 1. The van der Waals surface area contributed by atoms with Gasteiger partial charge in [-0.2, -0.15) is 0 Å². The van der Waals surface area contributed by atoms with Gasteiger partial charge < -0.3 is 4.90 Å². The predicted octanol–water partition coefficient (Wildman–Crippen LogP) is 4.02. The molecule has 1 amide bonds. The first-order valence-electron chi connectivity index (χ1n) is 7.29. The Kier molecular flexibility index (Phi) is 5.32. The van der Waals surface area contributed by atoms with Crippen LogP contribution in [0.5, 0.6) is 0 Å². The van der Waals surface area contributed by atoms with Crippen LogP contribution in [-0.2, 0) is 0 Å². The molecule has 1 saturated heterocycles. The minimum Gasteiger partial charge on any atom is -0.339 e. The monoisotopic (exact) mass is 277 g/mol. The van der Waals surface area contributed by atoms with Crippen LogP contribution in [0.2, 0.25) is 0 Å². The number of amides is 1. The summed E-state index contributed by atoms with van der Waals surface area (Å²) in [5.74, 6) is 0.965. The van der Waals surface area contributed by atoms with Gasteiger partial charge in [-0.25, -0.2) is 0 Å². The predicted molar refractivity (Wildman–Crippen MR) is 81.8 cm³/mol. The van der Waals surface area contributed by atoms with Gasteiger partial charge in [0.05, 0.1) is 0 Å². The highest BCUT2D eigenvalue weighted by Gasteiger charge is 2.21. The molecule has 1 unspecified atom stereocenters. The Balaban J connectivity index is 2.00. The zero-order valence-electron chi connectivity index (χ0n) is 11.6. The molecule has 0 N–H and O–H groups in total. The molecular weight excluding hydrogens is 254 g/mol. The van der Waals surface area contributed by atoms with Gasteiger partial charge in [0, 0.05) is 23.5 Å². The zero-order valence-corrected chi connectivity index (χ0v) is 12.5. The third-order valence-corrected chi connectivity index (χ3v) is 4.20. The number of carbonyl (C=O) groups excluding carboxylic acids is 1. The zero-order chi connectivity index (χ0) is 13.7. The van der Waals surface area contributed by atoms with Crippen LogP contribution in [0, 0.1) is 5.92 Å². The van der Waals surface area contributed by atoms with E-state index in [1.54, 1.807) is 0 Å². The Morgan fingerprint density at radius 2 is 2.21 bits per heavy atom. The average Bonchev–Trinajstić information content (AvgIpc) is 2.64. The lowest BCUT2D eigenvalue weighted by molar-refractivity contribution is 0.0759. The van der Waals surface area contributed by atoms with Gasteiger partial charge in [0.15, 0.2) is 0 Å². The van der Waals surface area contributed by atoms with Crippen LogP contribution < -0.4 is 0 Å². The van der Waals surface area contributed by atoms with Crippen molar-refractivity contribution < 1.29 is 4.79 Å². The van der Waals surface area contributed by atoms with Gasteiger partial charge in [-0.05, 0) is 43.4 Å². The van der Waals surface area contributed by atoms with Crippen LogP contribution >= 0.6 is 12.6 Å². The van der Waals surface area contributed by atoms with Gasteiger partial charge in [0.1, 0.15) is 0 Å². The molecule has 0 saturated carbocycles. The van der Waals surface area contributed by atoms with Gasteiger partial charge in [0.2, 0.25) is 0 Å². The quantitative estimate of drug-likeness (QED) is 0.827. The topological polar surface area (TPSA) is 20.3 Å². The molecule has 2 nitrogen and oxygen atoms in total. The van der Waals surface area contributed by atoms with E-state index < -0.39 is 0 Å². The molecule has 0 radical (unpaired) electrons. The number of rotatable bonds is 3. The Morgan fingerprint density at radius 1 is 1.37 bits per heavy atom. The smallest absolute Gasteiger partial charge is 0.253 e. The second kappa shape index (κ2) is 6.99. The van der Waals surface area contributed by atoms with E-state index in [9.17, 15) is 4.79 Å².